The van der Waals surface area contributed by atoms with Gasteiger partial charge in [0.05, 0.1) is 0 Å². The third-order valence-electron chi connectivity index (χ3n) is 4.00. The second-order valence-electron chi connectivity index (χ2n) is 5.96. The van der Waals surface area contributed by atoms with Crippen molar-refractivity contribution in [3.8, 4) is 0 Å². The number of nitrogens with zero attached hydrogens (tertiary/aromatic N) is 3. The average Bonchev–Trinajstić information content (AvgIpc) is 3.32. The summed E-state index contributed by atoms with van der Waals surface area (Å²) < 4.78 is 40.7. The quantitative estimate of drug-likeness (QED) is 0.783. The molecule has 1 aromatic carbocycles. The summed E-state index contributed by atoms with van der Waals surface area (Å²) in [5, 5.41) is 6.42. The van der Waals surface area contributed by atoms with Gasteiger partial charge >= 0.3 is 6.18 Å². The molecule has 2 heterocycles. The summed E-state index contributed by atoms with van der Waals surface area (Å²) in [7, 11) is 0. The molecule has 2 aromatic heterocycles. The maximum Gasteiger partial charge on any atom is 0.433 e. The van der Waals surface area contributed by atoms with Gasteiger partial charge in [0.1, 0.15) is 5.69 Å². The minimum absolute atomic E-state index is 0.0231. The molecule has 0 radical (unpaired) electrons. The van der Waals surface area contributed by atoms with Gasteiger partial charge in [0.25, 0.3) is 5.91 Å². The highest BCUT2D eigenvalue weighted by Gasteiger charge is 2.37. The highest BCUT2D eigenvalue weighted by Crippen LogP contribution is 2.41. The maximum atomic E-state index is 13.3. The molecule has 5 nitrogen and oxygen atoms in total. The number of alkyl halides is 3. The van der Waals surface area contributed by atoms with Gasteiger partial charge in [-0.15, -0.1) is 0 Å². The number of halogens is 3. The summed E-state index contributed by atoms with van der Waals surface area (Å²) >= 11 is 0. The molecule has 3 aromatic rings. The predicted octanol–water partition coefficient (Wildman–Crippen LogP) is 3.88. The molecule has 0 spiro atoms. The molecule has 1 N–H and O–H groups in total. The number of amides is 1. The third-order valence-corrected chi connectivity index (χ3v) is 4.00. The van der Waals surface area contributed by atoms with Gasteiger partial charge in [-0.2, -0.15) is 18.3 Å². The first kappa shape index (κ1) is 15.6. The summed E-state index contributed by atoms with van der Waals surface area (Å²) in [5.74, 6) is -0.527. The van der Waals surface area contributed by atoms with Gasteiger partial charge in [0, 0.05) is 23.4 Å². The van der Waals surface area contributed by atoms with Crippen molar-refractivity contribution in [3.63, 3.8) is 0 Å². The molecular weight excluding hydrogens is 333 g/mol. The number of carbonyl (C=O) groups excluding carboxylic acids is 1. The summed E-state index contributed by atoms with van der Waals surface area (Å²) in [6.45, 7) is 0. The Labute approximate surface area is 140 Å². The van der Waals surface area contributed by atoms with Crippen molar-refractivity contribution in [2.45, 2.75) is 24.9 Å². The molecule has 1 fully saturated rings. The van der Waals surface area contributed by atoms with Crippen LogP contribution in [-0.2, 0) is 6.18 Å². The molecule has 4 rings (SSSR count). The van der Waals surface area contributed by atoms with Crippen LogP contribution in [0.2, 0.25) is 0 Å². The Morgan fingerprint density at radius 1 is 1.16 bits per heavy atom. The molecule has 0 unspecified atom stereocenters. The van der Waals surface area contributed by atoms with E-state index in [-0.39, 0.29) is 17.3 Å². The van der Waals surface area contributed by atoms with E-state index < -0.39 is 17.8 Å². The van der Waals surface area contributed by atoms with Crippen LogP contribution in [0.15, 0.2) is 42.5 Å². The number of benzene rings is 1. The van der Waals surface area contributed by atoms with Crippen molar-refractivity contribution in [2.75, 3.05) is 5.32 Å². The van der Waals surface area contributed by atoms with E-state index in [0.29, 0.717) is 15.9 Å². The first-order chi connectivity index (χ1) is 11.9. The van der Waals surface area contributed by atoms with Crippen LogP contribution in [-0.4, -0.2) is 20.5 Å². The first-order valence-corrected chi connectivity index (χ1v) is 7.76. The number of para-hydroxylation sites is 1. The van der Waals surface area contributed by atoms with Crippen LogP contribution >= 0.6 is 0 Å². The van der Waals surface area contributed by atoms with Crippen molar-refractivity contribution in [1.82, 2.24) is 14.6 Å². The highest BCUT2D eigenvalue weighted by molar-refractivity contribution is 6.03. The number of anilines is 1. The van der Waals surface area contributed by atoms with Gasteiger partial charge in [0.2, 0.25) is 0 Å². The van der Waals surface area contributed by atoms with Gasteiger partial charge in [0.15, 0.2) is 11.3 Å². The van der Waals surface area contributed by atoms with Crippen molar-refractivity contribution in [2.24, 2.45) is 0 Å². The number of nitrogens with one attached hydrogen (secondary N) is 1. The van der Waals surface area contributed by atoms with Gasteiger partial charge < -0.3 is 5.32 Å². The Morgan fingerprint density at radius 3 is 2.52 bits per heavy atom. The van der Waals surface area contributed by atoms with E-state index in [0.717, 1.165) is 18.9 Å². The molecule has 128 valence electrons. The summed E-state index contributed by atoms with van der Waals surface area (Å²) in [5.41, 5.74) is -0.0788. The Kier molecular flexibility index (Phi) is 3.48. The largest absolute Gasteiger partial charge is 0.433 e. The second-order valence-corrected chi connectivity index (χ2v) is 5.96. The standard InChI is InChI=1S/C17H13F3N4O/c18-17(19,20)14-8-12(10-6-7-10)22-15-9-13(23-24(14)15)16(25)21-11-4-2-1-3-5-11/h1-5,8-10H,6-7H2,(H,21,25). The Hall–Kier alpha value is -2.90. The molecule has 25 heavy (non-hydrogen) atoms. The van der Waals surface area contributed by atoms with Crippen LogP contribution in [0.3, 0.4) is 0 Å². The van der Waals surface area contributed by atoms with Crippen LogP contribution in [0, 0.1) is 0 Å². The monoisotopic (exact) mass is 346 g/mol. The molecule has 8 heteroatoms. The van der Waals surface area contributed by atoms with E-state index >= 15 is 0 Å². The van der Waals surface area contributed by atoms with E-state index in [4.69, 9.17) is 0 Å². The lowest BCUT2D eigenvalue weighted by atomic mass is 10.2. The molecular formula is C17H13F3N4O. The SMILES string of the molecule is O=C(Nc1ccccc1)c1cc2nc(C3CC3)cc(C(F)(F)F)n2n1. The van der Waals surface area contributed by atoms with Crippen LogP contribution in [0.5, 0.6) is 0 Å². The van der Waals surface area contributed by atoms with Gasteiger partial charge in [-0.05, 0) is 31.0 Å². The fraction of sp³-hybridized carbons (Fsp3) is 0.235. The van der Waals surface area contributed by atoms with Crippen LogP contribution in [0.1, 0.15) is 40.6 Å². The molecule has 0 saturated heterocycles. The molecule has 1 aliphatic rings. The number of hydrogen-bond acceptors (Lipinski definition) is 3. The zero-order valence-electron chi connectivity index (χ0n) is 12.9. The predicted molar refractivity (Wildman–Crippen MR) is 84.4 cm³/mol. The zero-order chi connectivity index (χ0) is 17.6. The van der Waals surface area contributed by atoms with Crippen LogP contribution < -0.4 is 5.32 Å². The van der Waals surface area contributed by atoms with E-state index in [2.05, 4.69) is 15.4 Å². The average molecular weight is 346 g/mol. The van der Waals surface area contributed by atoms with Crippen molar-refractivity contribution in [3.05, 3.63) is 59.5 Å². The molecule has 0 atom stereocenters. The highest BCUT2D eigenvalue weighted by atomic mass is 19.4. The smallest absolute Gasteiger partial charge is 0.321 e. The zero-order valence-corrected chi connectivity index (χ0v) is 12.9. The summed E-state index contributed by atoms with van der Waals surface area (Å²) in [6.07, 6.45) is -2.92. The summed E-state index contributed by atoms with van der Waals surface area (Å²) in [4.78, 5) is 16.5. The number of fused-ring (bicyclic) bond motifs is 1. The lowest BCUT2D eigenvalue weighted by molar-refractivity contribution is -0.142. The first-order valence-electron chi connectivity index (χ1n) is 7.76. The van der Waals surface area contributed by atoms with E-state index in [1.54, 1.807) is 30.3 Å². The van der Waals surface area contributed by atoms with E-state index in [9.17, 15) is 18.0 Å². The third kappa shape index (κ3) is 3.07. The number of rotatable bonds is 3. The fourth-order valence-corrected chi connectivity index (χ4v) is 2.61. The van der Waals surface area contributed by atoms with Crippen LogP contribution in [0.25, 0.3) is 5.65 Å². The Balaban J connectivity index is 1.75. The van der Waals surface area contributed by atoms with Crippen molar-refractivity contribution >= 4 is 17.2 Å². The minimum atomic E-state index is -4.58. The fourth-order valence-electron chi connectivity index (χ4n) is 2.61. The van der Waals surface area contributed by atoms with Crippen LogP contribution in [0.4, 0.5) is 18.9 Å². The molecule has 0 bridgehead atoms. The Morgan fingerprint density at radius 2 is 1.88 bits per heavy atom. The maximum absolute atomic E-state index is 13.3. The Bertz CT molecular complexity index is 946. The molecule has 1 amide bonds. The van der Waals surface area contributed by atoms with E-state index in [1.165, 1.54) is 6.07 Å². The number of carbonyl (C=O) groups is 1. The second kappa shape index (κ2) is 5.58. The van der Waals surface area contributed by atoms with Gasteiger partial charge in [-0.1, -0.05) is 18.2 Å². The van der Waals surface area contributed by atoms with Gasteiger partial charge in [-0.25, -0.2) is 9.50 Å². The minimum Gasteiger partial charge on any atom is -0.321 e. The van der Waals surface area contributed by atoms with Crippen molar-refractivity contribution in [1.29, 1.82) is 0 Å². The van der Waals surface area contributed by atoms with E-state index in [1.807, 2.05) is 0 Å². The van der Waals surface area contributed by atoms with Crippen molar-refractivity contribution < 1.29 is 18.0 Å². The number of aromatic nitrogens is 3. The normalized spacial score (nSPS) is 14.7. The van der Waals surface area contributed by atoms with Gasteiger partial charge in [-0.3, -0.25) is 4.79 Å². The lowest BCUT2D eigenvalue weighted by Gasteiger charge is -2.10. The molecule has 1 aliphatic carbocycles. The summed E-state index contributed by atoms with van der Waals surface area (Å²) in [6, 6.07) is 10.9. The lowest BCUT2D eigenvalue weighted by Crippen LogP contribution is -2.16. The molecule has 0 aliphatic heterocycles. The number of hydrogen-bond donors (Lipinski definition) is 1. The molecule has 1 saturated carbocycles. The topological polar surface area (TPSA) is 59.3 Å².